The fourth-order valence-electron chi connectivity index (χ4n) is 2.49. The lowest BCUT2D eigenvalue weighted by Crippen LogP contribution is -2.33. The Kier molecular flexibility index (Phi) is 4.89. The van der Waals surface area contributed by atoms with E-state index in [1.165, 1.54) is 7.11 Å². The van der Waals surface area contributed by atoms with Gasteiger partial charge in [-0.3, -0.25) is 14.6 Å². The lowest BCUT2D eigenvalue weighted by Gasteiger charge is -2.10. The molecule has 6 nitrogen and oxygen atoms in total. The van der Waals surface area contributed by atoms with Gasteiger partial charge in [0.2, 0.25) is 5.91 Å². The number of hydrogen-bond donors (Lipinski definition) is 2. The lowest BCUT2D eigenvalue weighted by atomic mass is 10.2. The van der Waals surface area contributed by atoms with Crippen LogP contribution in [0.2, 0.25) is 0 Å². The minimum atomic E-state index is -0.372. The van der Waals surface area contributed by atoms with Crippen molar-refractivity contribution in [3.8, 4) is 5.75 Å². The zero-order valence-corrected chi connectivity index (χ0v) is 13.7. The van der Waals surface area contributed by atoms with E-state index in [9.17, 15) is 9.59 Å². The molecule has 126 valence electrons. The van der Waals surface area contributed by atoms with E-state index in [1.54, 1.807) is 36.5 Å². The average Bonchev–Trinajstić information content (AvgIpc) is 2.66. The highest BCUT2D eigenvalue weighted by atomic mass is 16.5. The van der Waals surface area contributed by atoms with E-state index >= 15 is 0 Å². The molecule has 3 aromatic rings. The Morgan fingerprint density at radius 1 is 1.04 bits per heavy atom. The number of rotatable bonds is 5. The molecule has 2 aromatic carbocycles. The van der Waals surface area contributed by atoms with Crippen LogP contribution in [-0.4, -0.2) is 30.5 Å². The van der Waals surface area contributed by atoms with Crippen LogP contribution in [0.5, 0.6) is 5.75 Å². The molecule has 0 spiro atoms. The molecule has 0 aliphatic heterocycles. The first-order valence-electron chi connectivity index (χ1n) is 7.74. The summed E-state index contributed by atoms with van der Waals surface area (Å²) >= 11 is 0. The first-order valence-corrected chi connectivity index (χ1v) is 7.74. The molecule has 25 heavy (non-hydrogen) atoms. The third-order valence-corrected chi connectivity index (χ3v) is 3.67. The largest absolute Gasteiger partial charge is 0.496 e. The molecule has 0 saturated heterocycles. The van der Waals surface area contributed by atoms with Crippen molar-refractivity contribution >= 4 is 28.4 Å². The topological polar surface area (TPSA) is 80.3 Å². The summed E-state index contributed by atoms with van der Waals surface area (Å²) in [5, 5.41) is 6.29. The van der Waals surface area contributed by atoms with Gasteiger partial charge in [0.15, 0.2) is 0 Å². The van der Waals surface area contributed by atoms with Crippen LogP contribution in [0.25, 0.3) is 10.9 Å². The van der Waals surface area contributed by atoms with Crippen molar-refractivity contribution in [2.45, 2.75) is 0 Å². The van der Waals surface area contributed by atoms with E-state index in [1.807, 2.05) is 24.3 Å². The van der Waals surface area contributed by atoms with Crippen LogP contribution in [-0.2, 0) is 4.79 Å². The highest BCUT2D eigenvalue weighted by molar-refractivity contribution is 6.03. The lowest BCUT2D eigenvalue weighted by molar-refractivity contribution is -0.115. The summed E-state index contributed by atoms with van der Waals surface area (Å²) in [6.45, 7) is -0.153. The number of nitrogens with zero attached hydrogens (tertiary/aromatic N) is 1. The zero-order valence-electron chi connectivity index (χ0n) is 13.7. The van der Waals surface area contributed by atoms with Gasteiger partial charge in [0, 0.05) is 11.6 Å². The number of fused-ring (bicyclic) bond motifs is 1. The SMILES string of the molecule is COc1ccccc1C(=O)NCC(=O)Nc1cccc2cccnc12. The Hall–Kier alpha value is -3.41. The van der Waals surface area contributed by atoms with Gasteiger partial charge in [-0.1, -0.05) is 30.3 Å². The fraction of sp³-hybridized carbons (Fsp3) is 0.105. The normalized spacial score (nSPS) is 10.3. The van der Waals surface area contributed by atoms with Crippen molar-refractivity contribution in [2.24, 2.45) is 0 Å². The molecule has 2 amide bonds. The summed E-state index contributed by atoms with van der Waals surface area (Å²) in [4.78, 5) is 28.7. The summed E-state index contributed by atoms with van der Waals surface area (Å²) in [7, 11) is 1.49. The van der Waals surface area contributed by atoms with Gasteiger partial charge in [-0.05, 0) is 24.3 Å². The Morgan fingerprint density at radius 2 is 1.84 bits per heavy atom. The second kappa shape index (κ2) is 7.44. The number of anilines is 1. The highest BCUT2D eigenvalue weighted by Crippen LogP contribution is 2.20. The maximum Gasteiger partial charge on any atom is 0.255 e. The molecule has 1 heterocycles. The Labute approximate surface area is 144 Å². The number of carbonyl (C=O) groups excluding carboxylic acids is 2. The summed E-state index contributed by atoms with van der Waals surface area (Å²) < 4.78 is 5.15. The molecule has 1 aromatic heterocycles. The number of pyridine rings is 1. The number of hydrogen-bond acceptors (Lipinski definition) is 4. The van der Waals surface area contributed by atoms with Crippen LogP contribution in [0.1, 0.15) is 10.4 Å². The van der Waals surface area contributed by atoms with Gasteiger partial charge in [-0.15, -0.1) is 0 Å². The Balaban J connectivity index is 1.66. The monoisotopic (exact) mass is 335 g/mol. The maximum absolute atomic E-state index is 12.2. The van der Waals surface area contributed by atoms with Crippen molar-refractivity contribution in [2.75, 3.05) is 19.0 Å². The molecule has 0 unspecified atom stereocenters. The molecule has 0 bridgehead atoms. The number of para-hydroxylation sites is 2. The third-order valence-electron chi connectivity index (χ3n) is 3.67. The van der Waals surface area contributed by atoms with Crippen molar-refractivity contribution < 1.29 is 14.3 Å². The number of aromatic nitrogens is 1. The molecule has 0 saturated carbocycles. The molecule has 0 fully saturated rings. The number of benzene rings is 2. The number of ether oxygens (including phenoxy) is 1. The van der Waals surface area contributed by atoms with Gasteiger partial charge in [0.05, 0.1) is 30.4 Å². The van der Waals surface area contributed by atoms with Gasteiger partial charge >= 0.3 is 0 Å². The molecule has 0 aliphatic rings. The van der Waals surface area contributed by atoms with Crippen molar-refractivity contribution in [1.29, 1.82) is 0 Å². The molecule has 6 heteroatoms. The summed E-state index contributed by atoms with van der Waals surface area (Å²) in [6, 6.07) is 16.1. The molecular weight excluding hydrogens is 318 g/mol. The van der Waals surface area contributed by atoms with E-state index in [-0.39, 0.29) is 18.4 Å². The van der Waals surface area contributed by atoms with Crippen LogP contribution in [0.3, 0.4) is 0 Å². The molecular formula is C19H17N3O3. The molecule has 3 rings (SSSR count). The van der Waals surface area contributed by atoms with Crippen LogP contribution in [0.4, 0.5) is 5.69 Å². The third kappa shape index (κ3) is 3.74. The van der Waals surface area contributed by atoms with Gasteiger partial charge < -0.3 is 15.4 Å². The first-order chi connectivity index (χ1) is 12.2. The molecule has 0 aliphatic carbocycles. The zero-order chi connectivity index (χ0) is 17.6. The van der Waals surface area contributed by atoms with E-state index in [0.29, 0.717) is 22.5 Å². The quantitative estimate of drug-likeness (QED) is 0.751. The van der Waals surface area contributed by atoms with Crippen LogP contribution >= 0.6 is 0 Å². The van der Waals surface area contributed by atoms with E-state index in [4.69, 9.17) is 4.74 Å². The predicted octanol–water partition coefficient (Wildman–Crippen LogP) is 2.61. The van der Waals surface area contributed by atoms with Crippen LogP contribution in [0, 0.1) is 0 Å². The number of nitrogens with one attached hydrogen (secondary N) is 2. The van der Waals surface area contributed by atoms with Crippen molar-refractivity contribution in [3.05, 3.63) is 66.4 Å². The number of carbonyl (C=O) groups is 2. The summed E-state index contributed by atoms with van der Waals surface area (Å²) in [6.07, 6.45) is 1.67. The van der Waals surface area contributed by atoms with Gasteiger partial charge in [0.25, 0.3) is 5.91 Å². The second-order valence-corrected chi connectivity index (χ2v) is 5.31. The maximum atomic E-state index is 12.2. The van der Waals surface area contributed by atoms with E-state index in [0.717, 1.165) is 5.39 Å². The van der Waals surface area contributed by atoms with Crippen molar-refractivity contribution in [1.82, 2.24) is 10.3 Å². The second-order valence-electron chi connectivity index (χ2n) is 5.31. The predicted molar refractivity (Wildman–Crippen MR) is 95.7 cm³/mol. The van der Waals surface area contributed by atoms with E-state index < -0.39 is 0 Å². The number of methoxy groups -OCH3 is 1. The minimum Gasteiger partial charge on any atom is -0.496 e. The van der Waals surface area contributed by atoms with Gasteiger partial charge in [-0.25, -0.2) is 0 Å². The van der Waals surface area contributed by atoms with E-state index in [2.05, 4.69) is 15.6 Å². The summed E-state index contributed by atoms with van der Waals surface area (Å²) in [5.41, 5.74) is 1.69. The Morgan fingerprint density at radius 3 is 2.68 bits per heavy atom. The standard InChI is InChI=1S/C19H17N3O3/c1-25-16-10-3-2-8-14(16)19(24)21-12-17(23)22-15-9-4-6-13-7-5-11-20-18(13)15/h2-11H,12H2,1H3,(H,21,24)(H,22,23). The minimum absolute atomic E-state index is 0.153. The summed E-state index contributed by atoms with van der Waals surface area (Å²) in [5.74, 6) is -0.247. The first kappa shape index (κ1) is 16.4. The number of amides is 2. The highest BCUT2D eigenvalue weighted by Gasteiger charge is 2.13. The average molecular weight is 335 g/mol. The molecule has 0 radical (unpaired) electrons. The fourth-order valence-corrected chi connectivity index (χ4v) is 2.49. The molecule has 0 atom stereocenters. The van der Waals surface area contributed by atoms with Crippen LogP contribution < -0.4 is 15.4 Å². The van der Waals surface area contributed by atoms with Crippen molar-refractivity contribution in [3.63, 3.8) is 0 Å². The van der Waals surface area contributed by atoms with Gasteiger partial charge in [0.1, 0.15) is 5.75 Å². The van der Waals surface area contributed by atoms with Crippen LogP contribution in [0.15, 0.2) is 60.8 Å². The smallest absolute Gasteiger partial charge is 0.255 e. The van der Waals surface area contributed by atoms with Gasteiger partial charge in [-0.2, -0.15) is 0 Å². The Bertz CT molecular complexity index is 919. The molecule has 2 N–H and O–H groups in total.